The molecule has 0 bridgehead atoms. The number of hydrogen-bond acceptors (Lipinski definition) is 4. The molecule has 0 unspecified atom stereocenters. The van der Waals surface area contributed by atoms with Gasteiger partial charge in [0.05, 0.1) is 18.5 Å². The van der Waals surface area contributed by atoms with Gasteiger partial charge in [0, 0.05) is 17.2 Å². The number of benzene rings is 2. The van der Waals surface area contributed by atoms with Gasteiger partial charge in [-0.2, -0.15) is 5.10 Å². The molecule has 0 atom stereocenters. The van der Waals surface area contributed by atoms with Gasteiger partial charge in [0.1, 0.15) is 5.82 Å². The molecule has 0 saturated heterocycles. The Bertz CT molecular complexity index is 1110. The Labute approximate surface area is 148 Å². The van der Waals surface area contributed by atoms with E-state index in [0.717, 1.165) is 5.56 Å². The van der Waals surface area contributed by atoms with E-state index >= 15 is 0 Å². The van der Waals surface area contributed by atoms with Crippen LogP contribution in [0.15, 0.2) is 66.7 Å². The van der Waals surface area contributed by atoms with Gasteiger partial charge in [-0.15, -0.1) is 0 Å². The summed E-state index contributed by atoms with van der Waals surface area (Å²) in [5.74, 6) is -0.985. The minimum absolute atomic E-state index is 0.179. The zero-order chi connectivity index (χ0) is 18.1. The summed E-state index contributed by atoms with van der Waals surface area (Å²) in [6.07, 6.45) is 0. The number of hydrogen-bond donors (Lipinski definition) is 0. The number of ether oxygens (including phenoxy) is 1. The molecule has 6 heteroatoms. The van der Waals surface area contributed by atoms with Crippen LogP contribution in [0.2, 0.25) is 0 Å². The first-order chi connectivity index (χ1) is 12.7. The average Bonchev–Trinajstić information content (AvgIpc) is 3.12. The summed E-state index contributed by atoms with van der Waals surface area (Å²) in [4.78, 5) is 16.7. The molecule has 4 rings (SSSR count). The predicted molar refractivity (Wildman–Crippen MR) is 95.2 cm³/mol. The van der Waals surface area contributed by atoms with Crippen LogP contribution in [0.3, 0.4) is 0 Å². The Morgan fingerprint density at radius 1 is 1.00 bits per heavy atom. The van der Waals surface area contributed by atoms with Crippen molar-refractivity contribution >= 4 is 11.6 Å². The Kier molecular flexibility index (Phi) is 3.93. The Balaban J connectivity index is 1.97. The van der Waals surface area contributed by atoms with Crippen LogP contribution in [0.5, 0.6) is 0 Å². The van der Waals surface area contributed by atoms with Gasteiger partial charge in [-0.25, -0.2) is 18.7 Å². The van der Waals surface area contributed by atoms with Gasteiger partial charge in [0.2, 0.25) is 0 Å². The molecule has 2 aromatic heterocycles. The van der Waals surface area contributed by atoms with Gasteiger partial charge >= 0.3 is 5.97 Å². The van der Waals surface area contributed by atoms with Gasteiger partial charge in [-0.05, 0) is 18.2 Å². The molecule has 0 aliphatic rings. The Morgan fingerprint density at radius 2 is 1.73 bits per heavy atom. The van der Waals surface area contributed by atoms with Crippen molar-refractivity contribution in [2.24, 2.45) is 0 Å². The monoisotopic (exact) mass is 347 g/mol. The predicted octanol–water partition coefficient (Wildman–Crippen LogP) is 3.99. The van der Waals surface area contributed by atoms with Crippen LogP contribution < -0.4 is 0 Å². The van der Waals surface area contributed by atoms with Crippen molar-refractivity contribution in [1.29, 1.82) is 0 Å². The molecule has 0 aliphatic carbocycles. The molecule has 0 aliphatic heterocycles. The second-order valence-electron chi connectivity index (χ2n) is 5.66. The molecule has 26 heavy (non-hydrogen) atoms. The van der Waals surface area contributed by atoms with Crippen LogP contribution in [-0.2, 0) is 4.74 Å². The van der Waals surface area contributed by atoms with E-state index in [1.807, 2.05) is 30.3 Å². The fourth-order valence-electron chi connectivity index (χ4n) is 2.78. The second-order valence-corrected chi connectivity index (χ2v) is 5.66. The molecule has 128 valence electrons. The number of carbonyl (C=O) groups is 1. The molecule has 0 N–H and O–H groups in total. The highest BCUT2D eigenvalue weighted by Gasteiger charge is 2.18. The number of nitrogens with zero attached hydrogens (tertiary/aromatic N) is 3. The molecule has 2 heterocycles. The highest BCUT2D eigenvalue weighted by molar-refractivity contribution is 5.90. The quantitative estimate of drug-likeness (QED) is 0.526. The standard InChI is InChI=1S/C20H14FN3O2/c1-26-20(25)18-11-17(14-9-5-6-10-15(14)21)22-19-12-16(23-24(18)19)13-7-3-2-4-8-13/h2-12H,1H3. The molecule has 0 fully saturated rings. The van der Waals surface area contributed by atoms with Gasteiger partial charge in [0.25, 0.3) is 0 Å². The van der Waals surface area contributed by atoms with Crippen molar-refractivity contribution in [2.45, 2.75) is 0 Å². The molecule has 0 radical (unpaired) electrons. The number of fused-ring (bicyclic) bond motifs is 1. The minimum Gasteiger partial charge on any atom is -0.464 e. The van der Waals surface area contributed by atoms with E-state index in [2.05, 4.69) is 10.1 Å². The molecular formula is C20H14FN3O2. The van der Waals surface area contributed by atoms with Crippen molar-refractivity contribution in [3.8, 4) is 22.5 Å². The number of rotatable bonds is 3. The maximum absolute atomic E-state index is 14.2. The Hall–Kier alpha value is -3.54. The average molecular weight is 347 g/mol. The maximum Gasteiger partial charge on any atom is 0.356 e. The van der Waals surface area contributed by atoms with E-state index in [4.69, 9.17) is 4.74 Å². The minimum atomic E-state index is -0.572. The van der Waals surface area contributed by atoms with Crippen molar-refractivity contribution in [3.63, 3.8) is 0 Å². The number of aromatic nitrogens is 3. The SMILES string of the molecule is COC(=O)c1cc(-c2ccccc2F)nc2cc(-c3ccccc3)nn12. The summed E-state index contributed by atoms with van der Waals surface area (Å²) in [7, 11) is 1.29. The van der Waals surface area contributed by atoms with E-state index in [9.17, 15) is 9.18 Å². The van der Waals surface area contributed by atoms with E-state index < -0.39 is 11.8 Å². The van der Waals surface area contributed by atoms with Crippen LogP contribution in [0.1, 0.15) is 10.5 Å². The summed E-state index contributed by atoms with van der Waals surface area (Å²) >= 11 is 0. The zero-order valence-electron chi connectivity index (χ0n) is 13.9. The largest absolute Gasteiger partial charge is 0.464 e. The fourth-order valence-corrected chi connectivity index (χ4v) is 2.78. The lowest BCUT2D eigenvalue weighted by Gasteiger charge is -2.07. The lowest BCUT2D eigenvalue weighted by atomic mass is 10.1. The third kappa shape index (κ3) is 2.71. The topological polar surface area (TPSA) is 56.5 Å². The van der Waals surface area contributed by atoms with Gasteiger partial charge in [-0.1, -0.05) is 42.5 Å². The Morgan fingerprint density at radius 3 is 2.46 bits per heavy atom. The number of halogens is 1. The van der Waals surface area contributed by atoms with Crippen LogP contribution in [0, 0.1) is 5.82 Å². The fraction of sp³-hybridized carbons (Fsp3) is 0.0500. The van der Waals surface area contributed by atoms with E-state index in [1.54, 1.807) is 24.3 Å². The van der Waals surface area contributed by atoms with Crippen LogP contribution >= 0.6 is 0 Å². The summed E-state index contributed by atoms with van der Waals surface area (Å²) < 4.78 is 20.5. The first kappa shape index (κ1) is 16.0. The molecule has 0 saturated carbocycles. The molecule has 5 nitrogen and oxygen atoms in total. The number of carbonyl (C=O) groups excluding carboxylic acids is 1. The number of methoxy groups -OCH3 is 1. The first-order valence-electron chi connectivity index (χ1n) is 7.97. The summed E-state index contributed by atoms with van der Waals surface area (Å²) in [6, 6.07) is 19.1. The summed E-state index contributed by atoms with van der Waals surface area (Å²) in [6.45, 7) is 0. The molecule has 0 spiro atoms. The lowest BCUT2D eigenvalue weighted by molar-refractivity contribution is 0.0590. The van der Waals surface area contributed by atoms with Crippen LogP contribution in [-0.4, -0.2) is 27.7 Å². The van der Waals surface area contributed by atoms with Gasteiger partial charge in [-0.3, -0.25) is 0 Å². The van der Waals surface area contributed by atoms with E-state index in [1.165, 1.54) is 23.8 Å². The smallest absolute Gasteiger partial charge is 0.356 e. The van der Waals surface area contributed by atoms with Gasteiger partial charge in [0.15, 0.2) is 11.3 Å². The molecule has 2 aromatic carbocycles. The number of esters is 1. The van der Waals surface area contributed by atoms with Crippen LogP contribution in [0.4, 0.5) is 4.39 Å². The van der Waals surface area contributed by atoms with Crippen molar-refractivity contribution in [2.75, 3.05) is 7.11 Å². The highest BCUT2D eigenvalue weighted by atomic mass is 19.1. The highest BCUT2D eigenvalue weighted by Crippen LogP contribution is 2.25. The second kappa shape index (κ2) is 6.40. The van der Waals surface area contributed by atoms with Crippen molar-refractivity contribution in [1.82, 2.24) is 14.6 Å². The zero-order valence-corrected chi connectivity index (χ0v) is 13.9. The van der Waals surface area contributed by atoms with Crippen molar-refractivity contribution < 1.29 is 13.9 Å². The molecule has 0 amide bonds. The third-order valence-corrected chi connectivity index (χ3v) is 4.04. The van der Waals surface area contributed by atoms with E-state index in [-0.39, 0.29) is 5.69 Å². The normalized spacial score (nSPS) is 10.8. The summed E-state index contributed by atoms with van der Waals surface area (Å²) in [5.41, 5.74) is 2.82. The first-order valence-corrected chi connectivity index (χ1v) is 7.97. The van der Waals surface area contributed by atoms with Gasteiger partial charge < -0.3 is 4.74 Å². The van der Waals surface area contributed by atoms with Crippen LogP contribution in [0.25, 0.3) is 28.2 Å². The van der Waals surface area contributed by atoms with Crippen molar-refractivity contribution in [3.05, 3.63) is 78.2 Å². The lowest BCUT2D eigenvalue weighted by Crippen LogP contribution is -2.10. The summed E-state index contributed by atoms with van der Waals surface area (Å²) in [5, 5.41) is 4.47. The third-order valence-electron chi connectivity index (χ3n) is 4.04. The molecule has 4 aromatic rings. The van der Waals surface area contributed by atoms with E-state index in [0.29, 0.717) is 22.6 Å². The molecular weight excluding hydrogens is 333 g/mol. The maximum atomic E-state index is 14.2.